The van der Waals surface area contributed by atoms with Gasteiger partial charge in [-0.25, -0.2) is 0 Å². The van der Waals surface area contributed by atoms with Crippen molar-refractivity contribution in [1.82, 2.24) is 10.3 Å². The van der Waals surface area contributed by atoms with Crippen molar-refractivity contribution in [2.75, 3.05) is 6.54 Å². The number of aromatic nitrogens is 1. The maximum atomic E-state index is 11.6. The van der Waals surface area contributed by atoms with Crippen LogP contribution in [0.1, 0.15) is 24.8 Å². The smallest absolute Gasteiger partial charge is 0.237 e. The average Bonchev–Trinajstić information content (AvgIpc) is 2.37. The van der Waals surface area contributed by atoms with Crippen LogP contribution in [0.25, 0.3) is 0 Å². The van der Waals surface area contributed by atoms with Crippen LogP contribution in [0, 0.1) is 0 Å². The van der Waals surface area contributed by atoms with Crippen LogP contribution in [-0.2, 0) is 11.3 Å². The first-order valence-electron chi connectivity index (χ1n) is 5.86. The van der Waals surface area contributed by atoms with Crippen molar-refractivity contribution in [2.24, 2.45) is 11.5 Å². The lowest BCUT2D eigenvalue weighted by atomic mass is 10.1. The molecule has 5 nitrogen and oxygen atoms in total. The highest BCUT2D eigenvalue weighted by atomic mass is 16.2. The Bertz CT molecular complexity index is 329. The van der Waals surface area contributed by atoms with Gasteiger partial charge < -0.3 is 16.8 Å². The van der Waals surface area contributed by atoms with Crippen LogP contribution in [0.3, 0.4) is 0 Å². The highest BCUT2D eigenvalue weighted by Gasteiger charge is 2.11. The number of nitrogens with one attached hydrogen (secondary N) is 1. The maximum Gasteiger partial charge on any atom is 0.237 e. The van der Waals surface area contributed by atoms with Gasteiger partial charge in [0.05, 0.1) is 6.04 Å². The van der Waals surface area contributed by atoms with E-state index in [0.29, 0.717) is 19.5 Å². The Morgan fingerprint density at radius 1 is 1.47 bits per heavy atom. The number of pyridine rings is 1. The molecule has 1 rings (SSSR count). The number of nitrogens with two attached hydrogens (primary N) is 2. The van der Waals surface area contributed by atoms with Crippen LogP contribution in [0.5, 0.6) is 0 Å². The normalized spacial score (nSPS) is 12.1. The summed E-state index contributed by atoms with van der Waals surface area (Å²) in [4.78, 5) is 15.6. The number of hydrogen-bond acceptors (Lipinski definition) is 4. The fourth-order valence-electron chi connectivity index (χ4n) is 1.46. The molecule has 17 heavy (non-hydrogen) atoms. The standard InChI is InChI=1S/C12H20N4O/c13-6-2-1-5-11(14)12(17)16-9-10-4-3-7-15-8-10/h3-4,7-8,11H,1-2,5-6,9,13-14H2,(H,16,17)/t11-/m0/s1. The van der Waals surface area contributed by atoms with Crippen molar-refractivity contribution in [3.8, 4) is 0 Å². The van der Waals surface area contributed by atoms with Gasteiger partial charge in [0.25, 0.3) is 0 Å². The summed E-state index contributed by atoms with van der Waals surface area (Å²) in [5, 5.41) is 2.79. The van der Waals surface area contributed by atoms with Crippen molar-refractivity contribution in [1.29, 1.82) is 0 Å². The van der Waals surface area contributed by atoms with E-state index in [4.69, 9.17) is 11.5 Å². The monoisotopic (exact) mass is 236 g/mol. The molecule has 5 N–H and O–H groups in total. The quantitative estimate of drug-likeness (QED) is 0.587. The van der Waals surface area contributed by atoms with E-state index in [9.17, 15) is 4.79 Å². The minimum absolute atomic E-state index is 0.120. The van der Waals surface area contributed by atoms with Crippen molar-refractivity contribution >= 4 is 5.91 Å². The molecule has 1 aromatic heterocycles. The van der Waals surface area contributed by atoms with Gasteiger partial charge in [0, 0.05) is 18.9 Å². The summed E-state index contributed by atoms with van der Waals surface area (Å²) in [5.41, 5.74) is 12.1. The predicted molar refractivity (Wildman–Crippen MR) is 67.0 cm³/mol. The Balaban J connectivity index is 2.24. The van der Waals surface area contributed by atoms with Gasteiger partial charge >= 0.3 is 0 Å². The number of nitrogens with zero attached hydrogens (tertiary/aromatic N) is 1. The Labute approximate surface area is 102 Å². The molecule has 94 valence electrons. The molecule has 0 saturated heterocycles. The molecule has 0 aliphatic carbocycles. The minimum Gasteiger partial charge on any atom is -0.351 e. The van der Waals surface area contributed by atoms with Crippen LogP contribution >= 0.6 is 0 Å². The Morgan fingerprint density at radius 3 is 2.94 bits per heavy atom. The SMILES string of the molecule is NCCCC[C@H](N)C(=O)NCc1cccnc1. The van der Waals surface area contributed by atoms with E-state index in [2.05, 4.69) is 10.3 Å². The fraction of sp³-hybridized carbons (Fsp3) is 0.500. The summed E-state index contributed by atoms with van der Waals surface area (Å²) in [6.45, 7) is 1.11. The van der Waals surface area contributed by atoms with E-state index < -0.39 is 6.04 Å². The number of hydrogen-bond donors (Lipinski definition) is 3. The van der Waals surface area contributed by atoms with Gasteiger partial charge in [-0.05, 0) is 31.0 Å². The summed E-state index contributed by atoms with van der Waals surface area (Å²) in [7, 11) is 0. The summed E-state index contributed by atoms with van der Waals surface area (Å²) in [6, 6.07) is 3.30. The number of rotatable bonds is 7. The van der Waals surface area contributed by atoms with Crippen LogP contribution in [0.15, 0.2) is 24.5 Å². The zero-order valence-electron chi connectivity index (χ0n) is 9.93. The Morgan fingerprint density at radius 2 is 2.29 bits per heavy atom. The number of unbranched alkanes of at least 4 members (excludes halogenated alkanes) is 1. The first-order valence-corrected chi connectivity index (χ1v) is 5.86. The largest absolute Gasteiger partial charge is 0.351 e. The lowest BCUT2D eigenvalue weighted by Crippen LogP contribution is -2.40. The molecule has 1 heterocycles. The molecule has 0 radical (unpaired) electrons. The molecule has 0 aliphatic rings. The van der Waals surface area contributed by atoms with E-state index in [1.807, 2.05) is 12.1 Å². The molecule has 1 aromatic rings. The van der Waals surface area contributed by atoms with Gasteiger partial charge in [-0.15, -0.1) is 0 Å². The maximum absolute atomic E-state index is 11.6. The highest BCUT2D eigenvalue weighted by molar-refractivity contribution is 5.81. The second-order valence-corrected chi connectivity index (χ2v) is 3.97. The summed E-state index contributed by atoms with van der Waals surface area (Å²) in [5.74, 6) is -0.120. The van der Waals surface area contributed by atoms with E-state index >= 15 is 0 Å². The third kappa shape index (κ3) is 5.42. The van der Waals surface area contributed by atoms with E-state index in [1.165, 1.54) is 0 Å². The Hall–Kier alpha value is -1.46. The molecule has 0 saturated carbocycles. The van der Waals surface area contributed by atoms with E-state index in [-0.39, 0.29) is 5.91 Å². The predicted octanol–water partition coefficient (Wildman–Crippen LogP) is 0.154. The summed E-state index contributed by atoms with van der Waals surface area (Å²) in [6.07, 6.45) is 5.89. The highest BCUT2D eigenvalue weighted by Crippen LogP contribution is 1.99. The van der Waals surface area contributed by atoms with Crippen molar-refractivity contribution in [2.45, 2.75) is 31.8 Å². The molecule has 1 amide bonds. The first-order chi connectivity index (χ1) is 8.24. The molecule has 0 aromatic carbocycles. The van der Waals surface area contributed by atoms with Crippen LogP contribution < -0.4 is 16.8 Å². The minimum atomic E-state index is -0.446. The summed E-state index contributed by atoms with van der Waals surface area (Å²) >= 11 is 0. The van der Waals surface area contributed by atoms with Crippen LogP contribution in [0.4, 0.5) is 0 Å². The van der Waals surface area contributed by atoms with Crippen molar-refractivity contribution in [3.05, 3.63) is 30.1 Å². The third-order valence-corrected chi connectivity index (χ3v) is 2.50. The molecular formula is C12H20N4O. The first kappa shape index (κ1) is 13.6. The van der Waals surface area contributed by atoms with Crippen molar-refractivity contribution in [3.63, 3.8) is 0 Å². The second-order valence-electron chi connectivity index (χ2n) is 3.97. The van der Waals surface area contributed by atoms with Gasteiger partial charge in [-0.1, -0.05) is 12.5 Å². The van der Waals surface area contributed by atoms with E-state index in [0.717, 1.165) is 18.4 Å². The molecule has 0 aliphatic heterocycles. The molecule has 0 bridgehead atoms. The molecule has 0 spiro atoms. The molecule has 0 unspecified atom stereocenters. The molecular weight excluding hydrogens is 216 g/mol. The number of carbonyl (C=O) groups excluding carboxylic acids is 1. The molecule has 0 fully saturated rings. The zero-order valence-corrected chi connectivity index (χ0v) is 9.93. The molecule has 1 atom stereocenters. The van der Waals surface area contributed by atoms with Gasteiger partial charge in [0.15, 0.2) is 0 Å². The third-order valence-electron chi connectivity index (χ3n) is 2.50. The fourth-order valence-corrected chi connectivity index (χ4v) is 1.46. The van der Waals surface area contributed by atoms with Gasteiger partial charge in [-0.2, -0.15) is 0 Å². The zero-order chi connectivity index (χ0) is 12.5. The van der Waals surface area contributed by atoms with Crippen LogP contribution in [-0.4, -0.2) is 23.5 Å². The van der Waals surface area contributed by atoms with Gasteiger partial charge in [0.1, 0.15) is 0 Å². The van der Waals surface area contributed by atoms with Crippen LogP contribution in [0.2, 0.25) is 0 Å². The second kappa shape index (κ2) is 7.76. The van der Waals surface area contributed by atoms with Crippen molar-refractivity contribution < 1.29 is 4.79 Å². The topological polar surface area (TPSA) is 94.0 Å². The number of amides is 1. The molecule has 5 heteroatoms. The Kier molecular flexibility index (Phi) is 6.21. The van der Waals surface area contributed by atoms with Gasteiger partial charge in [0.2, 0.25) is 5.91 Å². The van der Waals surface area contributed by atoms with Gasteiger partial charge in [-0.3, -0.25) is 9.78 Å². The number of carbonyl (C=O) groups is 1. The lowest BCUT2D eigenvalue weighted by molar-refractivity contribution is -0.122. The lowest BCUT2D eigenvalue weighted by Gasteiger charge is -2.11. The summed E-state index contributed by atoms with van der Waals surface area (Å²) < 4.78 is 0. The van der Waals surface area contributed by atoms with E-state index in [1.54, 1.807) is 12.4 Å². The average molecular weight is 236 g/mol.